The molecule has 8 nitrogen and oxygen atoms in total. The minimum atomic E-state index is -3.63. The quantitative estimate of drug-likeness (QED) is 0.511. The summed E-state index contributed by atoms with van der Waals surface area (Å²) in [4.78, 5) is 25.8. The summed E-state index contributed by atoms with van der Waals surface area (Å²) in [6.45, 7) is 0.225. The van der Waals surface area contributed by atoms with Crippen LogP contribution < -0.4 is 0 Å². The number of tetrazole rings is 1. The van der Waals surface area contributed by atoms with Crippen LogP contribution in [0.25, 0.3) is 17.7 Å². The highest BCUT2D eigenvalue weighted by Gasteiger charge is 2.39. The molecule has 1 unspecified atom stereocenters. The molecule has 1 amide bonds. The number of aromatic nitrogens is 4. The van der Waals surface area contributed by atoms with E-state index in [1.165, 1.54) is 35.2 Å². The summed E-state index contributed by atoms with van der Waals surface area (Å²) in [5.41, 5.74) is -0.370. The monoisotopic (exact) mass is 457 g/mol. The van der Waals surface area contributed by atoms with Crippen molar-refractivity contribution in [3.05, 3.63) is 72.0 Å². The van der Waals surface area contributed by atoms with Crippen molar-refractivity contribution in [3.63, 3.8) is 0 Å². The SMILES string of the molecule is O=C1SCC(/C=C/C(=O)C(F)(F)c2ccccc2)N1C/C=C/c1ccc(-c2nn[nH]n2)o1. The van der Waals surface area contributed by atoms with Gasteiger partial charge in [-0.2, -0.15) is 14.0 Å². The summed E-state index contributed by atoms with van der Waals surface area (Å²) < 4.78 is 34.3. The van der Waals surface area contributed by atoms with Crippen LogP contribution in [0.2, 0.25) is 0 Å². The molecule has 11 heteroatoms. The lowest BCUT2D eigenvalue weighted by Gasteiger charge is -2.19. The molecule has 1 aliphatic rings. The molecule has 1 N–H and O–H groups in total. The smallest absolute Gasteiger partial charge is 0.334 e. The number of nitrogens with zero attached hydrogens (tertiary/aromatic N) is 4. The van der Waals surface area contributed by atoms with Gasteiger partial charge in [-0.15, -0.1) is 10.2 Å². The first-order chi connectivity index (χ1) is 15.4. The first-order valence-electron chi connectivity index (χ1n) is 9.54. The molecule has 3 heterocycles. The number of alkyl halides is 2. The minimum Gasteiger partial charge on any atom is -0.453 e. The van der Waals surface area contributed by atoms with Crippen LogP contribution in [0.3, 0.4) is 0 Å². The van der Waals surface area contributed by atoms with Gasteiger partial charge in [0.1, 0.15) is 5.76 Å². The maximum Gasteiger partial charge on any atom is 0.334 e. The molecule has 1 fully saturated rings. The number of ketones is 1. The second-order valence-electron chi connectivity index (χ2n) is 6.80. The van der Waals surface area contributed by atoms with Gasteiger partial charge in [0.2, 0.25) is 11.6 Å². The van der Waals surface area contributed by atoms with Gasteiger partial charge >= 0.3 is 5.92 Å². The molecule has 1 atom stereocenters. The first kappa shape index (κ1) is 21.6. The number of H-pyrrole nitrogens is 1. The Morgan fingerprint density at radius 1 is 1.28 bits per heavy atom. The molecule has 2 aromatic heterocycles. The number of benzene rings is 1. The standard InChI is InChI=1S/C21H17F2N5O3S/c22-21(23,14-5-2-1-3-6-14)18(29)11-8-15-13-32-20(30)28(15)12-4-7-16-9-10-17(31-16)19-24-26-27-25-19/h1-11,15H,12-13H2,(H,24,25,26,27)/b7-4+,11-8+. The molecule has 4 rings (SSSR count). The molecule has 0 aliphatic carbocycles. The Kier molecular flexibility index (Phi) is 6.26. The molecule has 0 spiro atoms. The van der Waals surface area contributed by atoms with Crippen molar-refractivity contribution in [2.24, 2.45) is 0 Å². The van der Waals surface area contributed by atoms with E-state index in [-0.39, 0.29) is 17.3 Å². The third-order valence-corrected chi connectivity index (χ3v) is 5.69. The van der Waals surface area contributed by atoms with E-state index in [4.69, 9.17) is 4.42 Å². The van der Waals surface area contributed by atoms with Crippen molar-refractivity contribution >= 4 is 28.9 Å². The van der Waals surface area contributed by atoms with Crippen molar-refractivity contribution in [2.45, 2.75) is 12.0 Å². The summed E-state index contributed by atoms with van der Waals surface area (Å²) in [6, 6.07) is 9.83. The second-order valence-corrected chi connectivity index (χ2v) is 7.77. The van der Waals surface area contributed by atoms with Crippen molar-refractivity contribution in [3.8, 4) is 11.6 Å². The van der Waals surface area contributed by atoms with Crippen LogP contribution in [0.15, 0.2) is 65.1 Å². The average Bonchev–Trinajstić information content (AvgIpc) is 3.55. The predicted octanol–water partition coefficient (Wildman–Crippen LogP) is 3.93. The molecule has 1 aromatic carbocycles. The summed E-state index contributed by atoms with van der Waals surface area (Å²) in [5, 5.41) is 13.3. The molecule has 0 saturated carbocycles. The fourth-order valence-electron chi connectivity index (χ4n) is 3.04. The number of thioether (sulfide) groups is 1. The van der Waals surface area contributed by atoms with E-state index in [9.17, 15) is 18.4 Å². The maximum atomic E-state index is 14.4. The number of hydrogen-bond acceptors (Lipinski definition) is 7. The van der Waals surface area contributed by atoms with Crippen molar-refractivity contribution in [1.82, 2.24) is 25.5 Å². The van der Waals surface area contributed by atoms with Gasteiger partial charge in [-0.3, -0.25) is 9.59 Å². The van der Waals surface area contributed by atoms with Gasteiger partial charge in [0.05, 0.1) is 6.04 Å². The van der Waals surface area contributed by atoms with Gasteiger partial charge in [0.25, 0.3) is 5.24 Å². The van der Waals surface area contributed by atoms with Crippen molar-refractivity contribution in [2.75, 3.05) is 12.3 Å². The zero-order valence-corrected chi connectivity index (χ0v) is 17.3. The molecular weight excluding hydrogens is 440 g/mol. The van der Waals surface area contributed by atoms with Crippen LogP contribution in [-0.4, -0.2) is 54.9 Å². The third kappa shape index (κ3) is 4.67. The van der Waals surface area contributed by atoms with E-state index >= 15 is 0 Å². The lowest BCUT2D eigenvalue weighted by Crippen LogP contribution is -2.32. The number of carbonyl (C=O) groups excluding carboxylic acids is 2. The number of carbonyl (C=O) groups is 2. The Hall–Kier alpha value is -3.60. The van der Waals surface area contributed by atoms with E-state index in [1.54, 1.807) is 30.4 Å². The van der Waals surface area contributed by atoms with Crippen LogP contribution in [0.4, 0.5) is 13.6 Å². The maximum absolute atomic E-state index is 14.4. The number of furan rings is 1. The Morgan fingerprint density at radius 3 is 2.84 bits per heavy atom. The normalized spacial score (nSPS) is 17.1. The van der Waals surface area contributed by atoms with E-state index < -0.39 is 17.7 Å². The van der Waals surface area contributed by atoms with E-state index in [1.807, 2.05) is 0 Å². The molecule has 0 bridgehead atoms. The van der Waals surface area contributed by atoms with Gasteiger partial charge in [-0.05, 0) is 29.5 Å². The molecular formula is C21H17F2N5O3S. The van der Waals surface area contributed by atoms with Gasteiger partial charge in [-0.25, -0.2) is 0 Å². The second kappa shape index (κ2) is 9.27. The Bertz CT molecular complexity index is 1150. The van der Waals surface area contributed by atoms with Crippen LogP contribution >= 0.6 is 11.8 Å². The molecule has 1 aliphatic heterocycles. The summed E-state index contributed by atoms with van der Waals surface area (Å²) in [5.74, 6) is -3.31. The van der Waals surface area contributed by atoms with Gasteiger partial charge < -0.3 is 9.32 Å². The number of allylic oxidation sites excluding steroid dienone is 1. The van der Waals surface area contributed by atoms with E-state index in [0.29, 0.717) is 23.1 Å². The Morgan fingerprint density at radius 2 is 2.09 bits per heavy atom. The fourth-order valence-corrected chi connectivity index (χ4v) is 4.02. The minimum absolute atomic E-state index is 0.196. The zero-order chi connectivity index (χ0) is 22.6. The number of hydrogen-bond donors (Lipinski definition) is 1. The summed E-state index contributed by atoms with van der Waals surface area (Å²) in [6.07, 6.45) is 5.60. The molecule has 3 aromatic rings. The average molecular weight is 457 g/mol. The number of nitrogens with one attached hydrogen (secondary N) is 1. The zero-order valence-electron chi connectivity index (χ0n) is 16.5. The van der Waals surface area contributed by atoms with Gasteiger partial charge in [0.15, 0.2) is 5.76 Å². The predicted molar refractivity (Wildman–Crippen MR) is 114 cm³/mol. The Labute approximate surface area is 185 Å². The van der Waals surface area contributed by atoms with Crippen LogP contribution in [-0.2, 0) is 10.7 Å². The highest BCUT2D eigenvalue weighted by molar-refractivity contribution is 8.13. The number of rotatable bonds is 8. The molecule has 164 valence electrons. The summed E-state index contributed by atoms with van der Waals surface area (Å²) in [7, 11) is 0. The third-order valence-electron chi connectivity index (χ3n) is 4.70. The van der Waals surface area contributed by atoms with Crippen LogP contribution in [0.5, 0.6) is 0 Å². The highest BCUT2D eigenvalue weighted by atomic mass is 32.2. The lowest BCUT2D eigenvalue weighted by molar-refractivity contribution is -0.138. The molecule has 1 saturated heterocycles. The largest absolute Gasteiger partial charge is 0.453 e. The summed E-state index contributed by atoms with van der Waals surface area (Å²) >= 11 is 1.07. The van der Waals surface area contributed by atoms with Crippen LogP contribution in [0, 0.1) is 0 Å². The first-order valence-corrected chi connectivity index (χ1v) is 10.5. The van der Waals surface area contributed by atoms with Crippen molar-refractivity contribution < 1.29 is 22.8 Å². The number of halogens is 2. The lowest BCUT2D eigenvalue weighted by atomic mass is 10.0. The highest BCUT2D eigenvalue weighted by Crippen LogP contribution is 2.30. The van der Waals surface area contributed by atoms with Gasteiger partial charge in [-0.1, -0.05) is 54.2 Å². The van der Waals surface area contributed by atoms with Crippen molar-refractivity contribution in [1.29, 1.82) is 0 Å². The molecule has 0 radical (unpaired) electrons. The topological polar surface area (TPSA) is 105 Å². The fraction of sp³-hybridized carbons (Fsp3) is 0.190. The Balaban J connectivity index is 1.39. The number of aromatic amines is 1. The van der Waals surface area contributed by atoms with E-state index in [0.717, 1.165) is 17.8 Å². The molecule has 32 heavy (non-hydrogen) atoms. The van der Waals surface area contributed by atoms with Crippen LogP contribution in [0.1, 0.15) is 11.3 Å². The van der Waals surface area contributed by atoms with Gasteiger partial charge in [0, 0.05) is 17.9 Å². The van der Waals surface area contributed by atoms with E-state index in [2.05, 4.69) is 20.6 Å². The number of amides is 1.